The summed E-state index contributed by atoms with van der Waals surface area (Å²) < 4.78 is 0. The van der Waals surface area contributed by atoms with Gasteiger partial charge in [-0.3, -0.25) is 4.90 Å². The molecule has 1 atom stereocenters. The van der Waals surface area contributed by atoms with Gasteiger partial charge in [-0.15, -0.1) is 0 Å². The Hall–Kier alpha value is -3.17. The summed E-state index contributed by atoms with van der Waals surface area (Å²) in [6.45, 7) is 3.89. The number of amides is 2. The molecule has 0 spiro atoms. The number of urea groups is 1. The van der Waals surface area contributed by atoms with Crippen LogP contribution in [0, 0.1) is 11.3 Å². The smallest absolute Gasteiger partial charge is 0.321 e. The predicted molar refractivity (Wildman–Crippen MR) is 108 cm³/mol. The quantitative estimate of drug-likeness (QED) is 0.830. The van der Waals surface area contributed by atoms with E-state index >= 15 is 0 Å². The fourth-order valence-corrected chi connectivity index (χ4v) is 3.74. The monoisotopic (exact) mass is 373 g/mol. The number of nitrogens with zero attached hydrogens (tertiary/aromatic N) is 5. The largest absolute Gasteiger partial charge is 0.341 e. The highest BCUT2D eigenvalue weighted by Gasteiger charge is 2.32. The van der Waals surface area contributed by atoms with Crippen molar-refractivity contribution >= 4 is 12.2 Å². The molecule has 1 fully saturated rings. The zero-order valence-electron chi connectivity index (χ0n) is 15.7. The molecule has 0 aromatic heterocycles. The fraction of sp³-hybridized carbons (Fsp3) is 0.318. The maximum absolute atomic E-state index is 13.0. The van der Waals surface area contributed by atoms with Crippen LogP contribution in [0.15, 0.2) is 59.7 Å². The summed E-state index contributed by atoms with van der Waals surface area (Å²) in [5, 5.41) is 14.9. The highest BCUT2D eigenvalue weighted by molar-refractivity contribution is 5.78. The SMILES string of the molecule is N#Cc1ccc(CN2CCN(C(=O)N3N=CCC3c3ccccc3)CC2)cc1. The van der Waals surface area contributed by atoms with Crippen molar-refractivity contribution in [3.63, 3.8) is 0 Å². The molecule has 2 amide bonds. The Bertz CT molecular complexity index is 879. The first-order valence-electron chi connectivity index (χ1n) is 9.61. The van der Waals surface area contributed by atoms with E-state index in [1.807, 2.05) is 53.6 Å². The third-order valence-electron chi connectivity index (χ3n) is 5.34. The van der Waals surface area contributed by atoms with Crippen molar-refractivity contribution in [2.45, 2.75) is 19.0 Å². The number of carbonyl (C=O) groups is 1. The van der Waals surface area contributed by atoms with Gasteiger partial charge in [0, 0.05) is 45.4 Å². The molecule has 0 radical (unpaired) electrons. The van der Waals surface area contributed by atoms with Gasteiger partial charge in [0.1, 0.15) is 0 Å². The van der Waals surface area contributed by atoms with E-state index in [9.17, 15) is 4.79 Å². The summed E-state index contributed by atoms with van der Waals surface area (Å²) >= 11 is 0. The standard InChI is InChI=1S/C22H23N5O/c23-16-18-6-8-19(9-7-18)17-25-12-14-26(15-13-25)22(28)27-21(10-11-24-27)20-4-2-1-3-5-20/h1-9,11,21H,10,12-15,17H2. The van der Waals surface area contributed by atoms with Crippen molar-refractivity contribution in [1.29, 1.82) is 5.26 Å². The number of hydrogen-bond acceptors (Lipinski definition) is 4. The second kappa shape index (κ2) is 8.24. The maximum Gasteiger partial charge on any atom is 0.341 e. The average Bonchev–Trinajstić information content (AvgIpc) is 3.25. The maximum atomic E-state index is 13.0. The van der Waals surface area contributed by atoms with Crippen LogP contribution in [0.1, 0.15) is 29.2 Å². The lowest BCUT2D eigenvalue weighted by atomic mass is 10.1. The van der Waals surface area contributed by atoms with Gasteiger partial charge in [0.05, 0.1) is 17.7 Å². The van der Waals surface area contributed by atoms with Gasteiger partial charge in [0.25, 0.3) is 0 Å². The molecule has 4 rings (SSSR count). The van der Waals surface area contributed by atoms with Crippen molar-refractivity contribution in [2.24, 2.45) is 5.10 Å². The number of hydrogen-bond donors (Lipinski definition) is 0. The minimum atomic E-state index is -0.0133. The van der Waals surface area contributed by atoms with Crippen LogP contribution in [-0.4, -0.2) is 53.2 Å². The second-order valence-electron chi connectivity index (χ2n) is 7.16. The molecule has 0 N–H and O–H groups in total. The van der Waals surface area contributed by atoms with E-state index in [0.717, 1.165) is 31.6 Å². The molecule has 2 aliphatic heterocycles. The Labute approximate surface area is 165 Å². The lowest BCUT2D eigenvalue weighted by Gasteiger charge is -2.37. The van der Waals surface area contributed by atoms with Crippen LogP contribution < -0.4 is 0 Å². The van der Waals surface area contributed by atoms with E-state index < -0.39 is 0 Å². The zero-order chi connectivity index (χ0) is 19.3. The van der Waals surface area contributed by atoms with Crippen molar-refractivity contribution in [2.75, 3.05) is 26.2 Å². The van der Waals surface area contributed by atoms with Crippen LogP contribution >= 0.6 is 0 Å². The van der Waals surface area contributed by atoms with Crippen LogP contribution in [0.2, 0.25) is 0 Å². The van der Waals surface area contributed by atoms with Crippen molar-refractivity contribution in [3.05, 3.63) is 71.3 Å². The molecule has 142 valence electrons. The Morgan fingerprint density at radius 3 is 2.43 bits per heavy atom. The molecule has 28 heavy (non-hydrogen) atoms. The molecule has 0 bridgehead atoms. The third-order valence-corrected chi connectivity index (χ3v) is 5.34. The van der Waals surface area contributed by atoms with Gasteiger partial charge in [0.2, 0.25) is 0 Å². The molecular weight excluding hydrogens is 350 g/mol. The Kier molecular flexibility index (Phi) is 5.36. The molecule has 2 aromatic rings. The number of carbonyl (C=O) groups excluding carboxylic acids is 1. The fourth-order valence-electron chi connectivity index (χ4n) is 3.74. The third kappa shape index (κ3) is 3.90. The molecule has 2 aliphatic rings. The van der Waals surface area contributed by atoms with Crippen LogP contribution in [-0.2, 0) is 6.54 Å². The Morgan fingerprint density at radius 1 is 1.04 bits per heavy atom. The average molecular weight is 373 g/mol. The first kappa shape index (κ1) is 18.2. The lowest BCUT2D eigenvalue weighted by molar-refractivity contribution is 0.103. The van der Waals surface area contributed by atoms with E-state index in [0.29, 0.717) is 18.7 Å². The molecule has 1 saturated heterocycles. The minimum Gasteiger partial charge on any atom is -0.321 e. The number of rotatable bonds is 3. The van der Waals surface area contributed by atoms with Gasteiger partial charge in [0.15, 0.2) is 0 Å². The zero-order valence-corrected chi connectivity index (χ0v) is 15.7. The van der Waals surface area contributed by atoms with Crippen molar-refractivity contribution < 1.29 is 4.79 Å². The van der Waals surface area contributed by atoms with Gasteiger partial charge in [-0.1, -0.05) is 42.5 Å². The number of benzene rings is 2. The highest BCUT2D eigenvalue weighted by atomic mass is 16.2. The first-order valence-corrected chi connectivity index (χ1v) is 9.61. The molecule has 6 heteroatoms. The van der Waals surface area contributed by atoms with E-state index in [1.165, 1.54) is 5.56 Å². The number of hydrazone groups is 1. The van der Waals surface area contributed by atoms with Gasteiger partial charge in [-0.05, 0) is 23.3 Å². The predicted octanol–water partition coefficient (Wildman–Crippen LogP) is 3.23. The summed E-state index contributed by atoms with van der Waals surface area (Å²) in [5.74, 6) is 0. The first-order chi connectivity index (χ1) is 13.7. The Balaban J connectivity index is 1.33. The van der Waals surface area contributed by atoms with Crippen LogP contribution in [0.3, 0.4) is 0 Å². The van der Waals surface area contributed by atoms with Crippen molar-refractivity contribution in [1.82, 2.24) is 14.8 Å². The van der Waals surface area contributed by atoms with Gasteiger partial charge in [-0.2, -0.15) is 10.4 Å². The normalized spacial score (nSPS) is 19.6. The molecule has 0 saturated carbocycles. The summed E-state index contributed by atoms with van der Waals surface area (Å²) in [5.41, 5.74) is 2.98. The summed E-state index contributed by atoms with van der Waals surface area (Å²) in [4.78, 5) is 17.2. The molecule has 6 nitrogen and oxygen atoms in total. The summed E-state index contributed by atoms with van der Waals surface area (Å²) in [6, 6.07) is 19.9. The van der Waals surface area contributed by atoms with E-state index in [1.54, 1.807) is 5.01 Å². The lowest BCUT2D eigenvalue weighted by Crippen LogP contribution is -2.51. The highest BCUT2D eigenvalue weighted by Crippen LogP contribution is 2.29. The Morgan fingerprint density at radius 2 is 1.75 bits per heavy atom. The van der Waals surface area contributed by atoms with E-state index in [2.05, 4.69) is 28.2 Å². The molecular formula is C22H23N5O. The minimum absolute atomic E-state index is 0.00891. The summed E-state index contributed by atoms with van der Waals surface area (Å²) in [6.07, 6.45) is 2.59. The molecule has 2 aromatic carbocycles. The molecule has 1 unspecified atom stereocenters. The van der Waals surface area contributed by atoms with Crippen LogP contribution in [0.5, 0.6) is 0 Å². The van der Waals surface area contributed by atoms with E-state index in [-0.39, 0.29) is 12.1 Å². The molecule has 2 heterocycles. The van der Waals surface area contributed by atoms with Gasteiger partial charge < -0.3 is 4.90 Å². The summed E-state index contributed by atoms with van der Waals surface area (Å²) in [7, 11) is 0. The topological polar surface area (TPSA) is 62.9 Å². The van der Waals surface area contributed by atoms with Crippen LogP contribution in [0.4, 0.5) is 4.79 Å². The van der Waals surface area contributed by atoms with Gasteiger partial charge in [-0.25, -0.2) is 9.80 Å². The van der Waals surface area contributed by atoms with Crippen LogP contribution in [0.25, 0.3) is 0 Å². The molecule has 0 aliphatic carbocycles. The van der Waals surface area contributed by atoms with Gasteiger partial charge >= 0.3 is 6.03 Å². The number of piperazine rings is 1. The number of nitriles is 1. The van der Waals surface area contributed by atoms with E-state index in [4.69, 9.17) is 5.26 Å². The van der Waals surface area contributed by atoms with Crippen molar-refractivity contribution in [3.8, 4) is 6.07 Å². The second-order valence-corrected chi connectivity index (χ2v) is 7.16.